The summed E-state index contributed by atoms with van der Waals surface area (Å²) in [6.45, 7) is 0.184. The summed E-state index contributed by atoms with van der Waals surface area (Å²) in [4.78, 5) is 0. The van der Waals surface area contributed by atoms with Crippen LogP contribution in [0.1, 0.15) is 0 Å². The fraction of sp³-hybridized carbons (Fsp3) is 0.158. The molecule has 0 fully saturated rings. The highest BCUT2D eigenvalue weighted by Gasteiger charge is 2.13. The molecule has 1 unspecified atom stereocenters. The van der Waals surface area contributed by atoms with E-state index in [1.807, 2.05) is 42.5 Å². The Morgan fingerprint density at radius 2 is 1.89 bits per heavy atom. The molecule has 0 radical (unpaired) electrons. The van der Waals surface area contributed by atoms with Gasteiger partial charge in [0, 0.05) is 11.9 Å². The van der Waals surface area contributed by atoms with E-state index in [9.17, 15) is 5.11 Å². The minimum absolute atomic E-state index is 0.184. The van der Waals surface area contributed by atoms with Crippen molar-refractivity contribution in [2.45, 2.75) is 11.3 Å². The summed E-state index contributed by atoms with van der Waals surface area (Å²) in [5.41, 5.74) is 0.533. The second-order valence-electron chi connectivity index (χ2n) is 5.97. The molecule has 0 bridgehead atoms. The minimum Gasteiger partial charge on any atom is -0.491 e. The molecule has 0 saturated carbocycles. The molecule has 5 nitrogen and oxygen atoms in total. The number of rotatable bonds is 6. The van der Waals surface area contributed by atoms with E-state index in [4.69, 9.17) is 27.9 Å². The molecular weight excluding hydrogens is 405 g/mol. The van der Waals surface area contributed by atoms with Gasteiger partial charge in [0.2, 0.25) is 0 Å². The van der Waals surface area contributed by atoms with Crippen molar-refractivity contribution in [3.8, 4) is 5.75 Å². The van der Waals surface area contributed by atoms with Gasteiger partial charge in [-0.05, 0) is 29.0 Å². The summed E-state index contributed by atoms with van der Waals surface area (Å²) in [5, 5.41) is 22.2. The van der Waals surface area contributed by atoms with Gasteiger partial charge in [0.15, 0.2) is 10.8 Å². The van der Waals surface area contributed by atoms with Crippen molar-refractivity contribution in [2.75, 3.05) is 12.4 Å². The molecule has 0 amide bonds. The van der Waals surface area contributed by atoms with Crippen LogP contribution in [-0.4, -0.2) is 38.2 Å². The van der Waals surface area contributed by atoms with Gasteiger partial charge in [0.25, 0.3) is 0 Å². The van der Waals surface area contributed by atoms with Gasteiger partial charge < -0.3 is 9.84 Å². The molecule has 4 rings (SSSR count). The third-order valence-corrected chi connectivity index (χ3v) is 5.54. The molecule has 4 aromatic rings. The number of halogens is 2. The van der Waals surface area contributed by atoms with Crippen molar-refractivity contribution in [1.82, 2.24) is 14.6 Å². The Hall–Kier alpha value is -1.99. The van der Waals surface area contributed by atoms with Crippen LogP contribution < -0.4 is 4.74 Å². The lowest BCUT2D eigenvalue weighted by Crippen LogP contribution is -2.20. The molecule has 2 heterocycles. The lowest BCUT2D eigenvalue weighted by atomic mass is 10.1. The summed E-state index contributed by atoms with van der Waals surface area (Å²) in [6.07, 6.45) is 1.03. The maximum atomic E-state index is 10.2. The summed E-state index contributed by atoms with van der Waals surface area (Å²) >= 11 is 13.5. The van der Waals surface area contributed by atoms with Crippen LogP contribution in [0.3, 0.4) is 0 Å². The molecule has 1 atom stereocenters. The SMILES string of the molecule is OC(COc1ccc2ccccc2c1)CSc1nnc2c(Cl)cc(Cl)cn12. The number of hydrogen-bond donors (Lipinski definition) is 1. The lowest BCUT2D eigenvalue weighted by Gasteiger charge is -2.12. The molecule has 138 valence electrons. The lowest BCUT2D eigenvalue weighted by molar-refractivity contribution is 0.126. The fourth-order valence-corrected chi connectivity index (χ4v) is 3.99. The molecular formula is C19H15Cl2N3O2S. The first-order valence-electron chi connectivity index (χ1n) is 8.22. The second kappa shape index (κ2) is 7.94. The van der Waals surface area contributed by atoms with E-state index in [1.165, 1.54) is 11.8 Å². The van der Waals surface area contributed by atoms with E-state index in [0.717, 1.165) is 16.5 Å². The molecule has 8 heteroatoms. The van der Waals surface area contributed by atoms with Gasteiger partial charge in [-0.25, -0.2) is 0 Å². The summed E-state index contributed by atoms with van der Waals surface area (Å²) in [5.74, 6) is 1.13. The first kappa shape index (κ1) is 18.4. The Balaban J connectivity index is 1.37. The van der Waals surface area contributed by atoms with Crippen LogP contribution in [0.2, 0.25) is 10.0 Å². The third kappa shape index (κ3) is 4.14. The van der Waals surface area contributed by atoms with Crippen LogP contribution in [0, 0.1) is 0 Å². The number of hydrogen-bond acceptors (Lipinski definition) is 5. The largest absolute Gasteiger partial charge is 0.491 e. The van der Waals surface area contributed by atoms with Gasteiger partial charge in [-0.1, -0.05) is 65.3 Å². The Morgan fingerprint density at radius 1 is 1.07 bits per heavy atom. The summed E-state index contributed by atoms with van der Waals surface area (Å²) in [7, 11) is 0. The van der Waals surface area contributed by atoms with Gasteiger partial charge >= 0.3 is 0 Å². The maximum absolute atomic E-state index is 10.2. The van der Waals surface area contributed by atoms with Crippen LogP contribution >= 0.6 is 35.0 Å². The van der Waals surface area contributed by atoms with E-state index in [-0.39, 0.29) is 6.61 Å². The maximum Gasteiger partial charge on any atom is 0.195 e. The molecule has 0 saturated heterocycles. The van der Waals surface area contributed by atoms with Crippen molar-refractivity contribution in [3.05, 3.63) is 64.8 Å². The smallest absolute Gasteiger partial charge is 0.195 e. The zero-order valence-corrected chi connectivity index (χ0v) is 16.4. The summed E-state index contributed by atoms with van der Waals surface area (Å²) < 4.78 is 7.44. The number of aliphatic hydroxyl groups excluding tert-OH is 1. The van der Waals surface area contributed by atoms with Gasteiger partial charge in [-0.3, -0.25) is 4.40 Å². The number of thioether (sulfide) groups is 1. The number of aromatic nitrogens is 3. The Kier molecular flexibility index (Phi) is 5.41. The molecule has 0 aliphatic heterocycles. The molecule has 2 aromatic heterocycles. The Morgan fingerprint density at radius 3 is 2.74 bits per heavy atom. The van der Waals surface area contributed by atoms with Crippen molar-refractivity contribution >= 4 is 51.4 Å². The zero-order valence-electron chi connectivity index (χ0n) is 14.0. The highest BCUT2D eigenvalue weighted by molar-refractivity contribution is 7.99. The van der Waals surface area contributed by atoms with Gasteiger partial charge in [-0.15, -0.1) is 10.2 Å². The van der Waals surface area contributed by atoms with Crippen molar-refractivity contribution in [1.29, 1.82) is 0 Å². The van der Waals surface area contributed by atoms with Gasteiger partial charge in [0.05, 0.1) is 16.1 Å². The van der Waals surface area contributed by atoms with Crippen molar-refractivity contribution in [3.63, 3.8) is 0 Å². The first-order valence-corrected chi connectivity index (χ1v) is 9.96. The second-order valence-corrected chi connectivity index (χ2v) is 7.80. The Bertz CT molecular complexity index is 1100. The molecule has 27 heavy (non-hydrogen) atoms. The monoisotopic (exact) mass is 419 g/mol. The third-order valence-electron chi connectivity index (χ3n) is 3.96. The van der Waals surface area contributed by atoms with Crippen molar-refractivity contribution < 1.29 is 9.84 Å². The Labute approximate surface area is 169 Å². The fourth-order valence-electron chi connectivity index (χ4n) is 2.67. The predicted octanol–water partition coefficient (Wildman–Crippen LogP) is 4.72. The number of nitrogens with zero attached hydrogens (tertiary/aromatic N) is 3. The van der Waals surface area contributed by atoms with Gasteiger partial charge in [-0.2, -0.15) is 0 Å². The number of benzene rings is 2. The molecule has 2 aromatic carbocycles. The van der Waals surface area contributed by atoms with E-state index in [0.29, 0.717) is 26.6 Å². The van der Waals surface area contributed by atoms with Crippen LogP contribution in [-0.2, 0) is 0 Å². The quantitative estimate of drug-likeness (QED) is 0.458. The van der Waals surface area contributed by atoms with Gasteiger partial charge in [0.1, 0.15) is 12.4 Å². The van der Waals surface area contributed by atoms with E-state index in [2.05, 4.69) is 10.2 Å². The van der Waals surface area contributed by atoms with E-state index >= 15 is 0 Å². The molecule has 0 spiro atoms. The van der Waals surface area contributed by atoms with Crippen molar-refractivity contribution in [2.24, 2.45) is 0 Å². The predicted molar refractivity (Wildman–Crippen MR) is 109 cm³/mol. The molecule has 1 N–H and O–H groups in total. The average Bonchev–Trinajstić information content (AvgIpc) is 3.07. The average molecular weight is 420 g/mol. The summed E-state index contributed by atoms with van der Waals surface area (Å²) in [6, 6.07) is 15.5. The normalized spacial score (nSPS) is 12.6. The van der Waals surface area contributed by atoms with E-state index in [1.54, 1.807) is 16.7 Å². The number of ether oxygens (including phenoxy) is 1. The molecule has 0 aliphatic rings. The topological polar surface area (TPSA) is 59.7 Å². The van der Waals surface area contributed by atoms with E-state index < -0.39 is 6.10 Å². The first-order chi connectivity index (χ1) is 13.1. The highest BCUT2D eigenvalue weighted by atomic mass is 35.5. The number of pyridine rings is 1. The van der Waals surface area contributed by atoms with Crippen LogP contribution in [0.5, 0.6) is 5.75 Å². The number of fused-ring (bicyclic) bond motifs is 2. The minimum atomic E-state index is -0.663. The van der Waals surface area contributed by atoms with Crippen LogP contribution in [0.15, 0.2) is 59.9 Å². The zero-order chi connectivity index (χ0) is 18.8. The van der Waals surface area contributed by atoms with Crippen LogP contribution in [0.4, 0.5) is 0 Å². The molecule has 0 aliphatic carbocycles. The van der Waals surface area contributed by atoms with Crippen LogP contribution in [0.25, 0.3) is 16.4 Å². The number of aliphatic hydroxyl groups is 1. The standard InChI is InChI=1S/C19H15Cl2N3O2S/c20-14-8-17(21)18-22-23-19(24(18)9-14)27-11-15(25)10-26-16-6-5-12-3-1-2-4-13(12)7-16/h1-9,15,25H,10-11H2. The highest BCUT2D eigenvalue weighted by Crippen LogP contribution is 2.26.